The van der Waals surface area contributed by atoms with Gasteiger partial charge in [-0.3, -0.25) is 24.6 Å². The van der Waals surface area contributed by atoms with Gasteiger partial charge in [-0.2, -0.15) is 0 Å². The van der Waals surface area contributed by atoms with Gasteiger partial charge in [-0.15, -0.1) is 0 Å². The van der Waals surface area contributed by atoms with E-state index in [1.54, 1.807) is 4.90 Å². The molecule has 7 nitrogen and oxygen atoms in total. The lowest BCUT2D eigenvalue weighted by atomic mass is 9.68. The molecule has 4 saturated heterocycles. The number of likely N-dealkylation sites (tertiary alicyclic amines) is 1. The molecule has 2 bridgehead atoms. The van der Waals surface area contributed by atoms with Crippen LogP contribution >= 0.6 is 0 Å². The molecule has 30 heavy (non-hydrogen) atoms. The third-order valence-electron chi connectivity index (χ3n) is 8.10. The summed E-state index contributed by atoms with van der Waals surface area (Å²) in [6, 6.07) is 6.29. The van der Waals surface area contributed by atoms with Gasteiger partial charge in [0.05, 0.1) is 0 Å². The molecule has 3 amide bonds. The molecule has 5 atom stereocenters. The van der Waals surface area contributed by atoms with E-state index < -0.39 is 6.04 Å². The third kappa shape index (κ3) is 2.90. The second-order valence-electron chi connectivity index (χ2n) is 9.77. The standard InChI is InChI=1S/C23H28N4O3/c28-21-6-5-20(22(29)25-21)27-10-15-7-13(1-3-16(15)23(27)30)9-26-11-17-14-2-4-19(24-8-14)18(17)12-26/h1,3,7,14,17-20,24H,2,4-6,8-12H2,(H,25,28,29). The van der Waals surface area contributed by atoms with Gasteiger partial charge in [0, 0.05) is 44.2 Å². The predicted octanol–water partition coefficient (Wildman–Crippen LogP) is 0.877. The number of hydrogen-bond donors (Lipinski definition) is 2. The highest BCUT2D eigenvalue weighted by Crippen LogP contribution is 2.43. The van der Waals surface area contributed by atoms with E-state index >= 15 is 0 Å². The van der Waals surface area contributed by atoms with Gasteiger partial charge >= 0.3 is 0 Å². The van der Waals surface area contributed by atoms with Crippen molar-refractivity contribution in [3.05, 3.63) is 34.9 Å². The molecule has 6 aliphatic rings. The molecule has 5 aliphatic heterocycles. The van der Waals surface area contributed by atoms with Gasteiger partial charge in [0.25, 0.3) is 5.91 Å². The summed E-state index contributed by atoms with van der Waals surface area (Å²) >= 11 is 0. The first-order valence-electron chi connectivity index (χ1n) is 11.3. The van der Waals surface area contributed by atoms with E-state index in [1.807, 2.05) is 6.07 Å². The molecule has 0 radical (unpaired) electrons. The highest BCUT2D eigenvalue weighted by molar-refractivity contribution is 6.05. The minimum absolute atomic E-state index is 0.0964. The van der Waals surface area contributed by atoms with E-state index in [9.17, 15) is 14.4 Å². The Bertz CT molecular complexity index is 903. The van der Waals surface area contributed by atoms with Crippen LogP contribution in [0.4, 0.5) is 0 Å². The van der Waals surface area contributed by atoms with Crippen LogP contribution in [0.3, 0.4) is 0 Å². The lowest BCUT2D eigenvalue weighted by molar-refractivity contribution is -0.136. The van der Waals surface area contributed by atoms with Gasteiger partial charge in [0.1, 0.15) is 6.04 Å². The Labute approximate surface area is 176 Å². The number of imide groups is 1. The lowest BCUT2D eigenvalue weighted by Crippen LogP contribution is -2.54. The summed E-state index contributed by atoms with van der Waals surface area (Å²) in [5.74, 6) is 1.76. The minimum atomic E-state index is -0.546. The average Bonchev–Trinajstić information content (AvgIpc) is 3.31. The Morgan fingerprint density at radius 1 is 1.03 bits per heavy atom. The quantitative estimate of drug-likeness (QED) is 0.726. The lowest BCUT2D eigenvalue weighted by Gasteiger charge is -2.45. The van der Waals surface area contributed by atoms with Crippen molar-refractivity contribution in [1.82, 2.24) is 20.4 Å². The molecule has 158 valence electrons. The van der Waals surface area contributed by atoms with Gasteiger partial charge in [0.2, 0.25) is 11.8 Å². The van der Waals surface area contributed by atoms with Crippen LogP contribution < -0.4 is 10.6 Å². The SMILES string of the molecule is O=C1CCC(N2Cc3cc(CN4CC5C6CCC(NC6)C5C4)ccc3C2=O)C(=O)N1. The topological polar surface area (TPSA) is 81.8 Å². The van der Waals surface area contributed by atoms with Crippen LogP contribution in [-0.2, 0) is 22.7 Å². The van der Waals surface area contributed by atoms with Gasteiger partial charge in [-0.1, -0.05) is 12.1 Å². The zero-order valence-electron chi connectivity index (χ0n) is 17.1. The van der Waals surface area contributed by atoms with E-state index in [0.29, 0.717) is 24.6 Å². The fraction of sp³-hybridized carbons (Fsp3) is 0.609. The Hall–Kier alpha value is -2.25. The number of hydrogen-bond acceptors (Lipinski definition) is 5. The second-order valence-corrected chi connectivity index (χ2v) is 9.77. The van der Waals surface area contributed by atoms with E-state index in [0.717, 1.165) is 36.4 Å². The summed E-state index contributed by atoms with van der Waals surface area (Å²) in [5.41, 5.74) is 2.94. The van der Waals surface area contributed by atoms with Crippen molar-refractivity contribution in [3.8, 4) is 0 Å². The number of piperidine rings is 3. The fourth-order valence-corrected chi connectivity index (χ4v) is 6.61. The van der Waals surface area contributed by atoms with Crippen molar-refractivity contribution >= 4 is 17.7 Å². The summed E-state index contributed by atoms with van der Waals surface area (Å²) in [6.07, 6.45) is 3.40. The number of benzene rings is 1. The molecule has 5 heterocycles. The Balaban J connectivity index is 1.16. The van der Waals surface area contributed by atoms with Gasteiger partial charge in [-0.05, 0) is 60.8 Å². The summed E-state index contributed by atoms with van der Waals surface area (Å²) in [6.45, 7) is 4.92. The van der Waals surface area contributed by atoms with Crippen molar-refractivity contribution in [3.63, 3.8) is 0 Å². The van der Waals surface area contributed by atoms with Crippen molar-refractivity contribution < 1.29 is 14.4 Å². The maximum Gasteiger partial charge on any atom is 0.255 e. The fourth-order valence-electron chi connectivity index (χ4n) is 6.61. The zero-order chi connectivity index (χ0) is 20.4. The number of amides is 3. The van der Waals surface area contributed by atoms with Crippen LogP contribution in [0.5, 0.6) is 0 Å². The molecule has 1 aliphatic carbocycles. The molecule has 1 saturated carbocycles. The maximum absolute atomic E-state index is 12.9. The molecular formula is C23H28N4O3. The first-order valence-corrected chi connectivity index (χ1v) is 11.3. The van der Waals surface area contributed by atoms with Crippen LogP contribution in [0, 0.1) is 17.8 Å². The van der Waals surface area contributed by atoms with Crippen LogP contribution in [-0.4, -0.2) is 59.2 Å². The van der Waals surface area contributed by atoms with Crippen molar-refractivity contribution in [2.45, 2.75) is 50.9 Å². The molecular weight excluding hydrogens is 380 g/mol. The summed E-state index contributed by atoms with van der Waals surface area (Å²) < 4.78 is 0. The van der Waals surface area contributed by atoms with Crippen LogP contribution in [0.15, 0.2) is 18.2 Å². The van der Waals surface area contributed by atoms with Crippen LogP contribution in [0.2, 0.25) is 0 Å². The molecule has 0 aromatic heterocycles. The molecule has 2 N–H and O–H groups in total. The Morgan fingerprint density at radius 2 is 1.90 bits per heavy atom. The molecule has 5 unspecified atom stereocenters. The van der Waals surface area contributed by atoms with Gasteiger partial charge in [-0.25, -0.2) is 0 Å². The average molecular weight is 409 g/mol. The van der Waals surface area contributed by atoms with Gasteiger partial charge in [0.15, 0.2) is 0 Å². The third-order valence-corrected chi connectivity index (χ3v) is 8.10. The van der Waals surface area contributed by atoms with Crippen LogP contribution in [0.1, 0.15) is 47.2 Å². The van der Waals surface area contributed by atoms with E-state index in [-0.39, 0.29) is 24.1 Å². The smallest absolute Gasteiger partial charge is 0.255 e. The number of rotatable bonds is 3. The van der Waals surface area contributed by atoms with E-state index in [2.05, 4.69) is 27.7 Å². The van der Waals surface area contributed by atoms with Crippen LogP contribution in [0.25, 0.3) is 0 Å². The Morgan fingerprint density at radius 3 is 2.67 bits per heavy atom. The summed E-state index contributed by atoms with van der Waals surface area (Å²) in [4.78, 5) is 40.8. The van der Waals surface area contributed by atoms with Crippen molar-refractivity contribution in [2.24, 2.45) is 17.8 Å². The highest BCUT2D eigenvalue weighted by Gasteiger charge is 2.48. The number of carbonyl (C=O) groups excluding carboxylic acids is 3. The molecule has 5 fully saturated rings. The predicted molar refractivity (Wildman–Crippen MR) is 109 cm³/mol. The summed E-state index contributed by atoms with van der Waals surface area (Å²) in [7, 11) is 0. The first kappa shape index (κ1) is 18.5. The molecule has 1 aromatic carbocycles. The first-order chi connectivity index (χ1) is 14.6. The zero-order valence-corrected chi connectivity index (χ0v) is 17.1. The monoisotopic (exact) mass is 408 g/mol. The molecule has 0 spiro atoms. The van der Waals surface area contributed by atoms with Crippen molar-refractivity contribution in [2.75, 3.05) is 19.6 Å². The largest absolute Gasteiger partial charge is 0.322 e. The highest BCUT2D eigenvalue weighted by atomic mass is 16.2. The molecule has 7 heteroatoms. The summed E-state index contributed by atoms with van der Waals surface area (Å²) in [5, 5.41) is 6.10. The van der Waals surface area contributed by atoms with E-state index in [1.165, 1.54) is 31.5 Å². The second kappa shape index (κ2) is 6.89. The number of carbonyl (C=O) groups is 3. The number of fused-ring (bicyclic) bond motifs is 3. The normalized spacial score (nSPS) is 35.5. The van der Waals surface area contributed by atoms with E-state index in [4.69, 9.17) is 0 Å². The maximum atomic E-state index is 12.9. The molecule has 1 aromatic rings. The van der Waals surface area contributed by atoms with Crippen molar-refractivity contribution in [1.29, 1.82) is 0 Å². The molecule has 7 rings (SSSR count). The van der Waals surface area contributed by atoms with Gasteiger partial charge < -0.3 is 10.2 Å². The minimum Gasteiger partial charge on any atom is -0.322 e. The Kier molecular flexibility index (Phi) is 4.25. The number of nitrogens with zero attached hydrogens (tertiary/aromatic N) is 2. The number of nitrogens with one attached hydrogen (secondary N) is 2.